The summed E-state index contributed by atoms with van der Waals surface area (Å²) >= 11 is 0. The Hall–Kier alpha value is -1.79. The molecule has 134 valence electrons. The summed E-state index contributed by atoms with van der Waals surface area (Å²) in [5.41, 5.74) is -0.786. The monoisotopic (exact) mass is 331 g/mol. The van der Waals surface area contributed by atoms with Gasteiger partial charge in [0.1, 0.15) is 5.60 Å². The Balaban J connectivity index is 5.36. The van der Waals surface area contributed by atoms with Gasteiger partial charge in [-0.05, 0) is 40.5 Å². The second-order valence-corrected chi connectivity index (χ2v) is 6.42. The average Bonchev–Trinajstić information content (AvgIpc) is 2.40. The molecule has 0 bridgehead atoms. The van der Waals surface area contributed by atoms with E-state index in [9.17, 15) is 19.5 Å². The topological polar surface area (TPSA) is 93.1 Å². The number of aliphatic carboxylic acids is 1. The van der Waals surface area contributed by atoms with Crippen LogP contribution in [-0.2, 0) is 19.1 Å². The molecule has 23 heavy (non-hydrogen) atoms. The van der Waals surface area contributed by atoms with Crippen LogP contribution in [0.2, 0.25) is 0 Å². The third kappa shape index (κ3) is 7.85. The van der Waals surface area contributed by atoms with E-state index in [0.29, 0.717) is 12.8 Å². The van der Waals surface area contributed by atoms with Crippen LogP contribution in [-0.4, -0.2) is 52.3 Å². The first-order chi connectivity index (χ1) is 10.5. The largest absolute Gasteiger partial charge is 0.479 e. The smallest absolute Gasteiger partial charge is 0.411 e. The van der Waals surface area contributed by atoms with Crippen molar-refractivity contribution < 1.29 is 29.0 Å². The lowest BCUT2D eigenvalue weighted by Crippen LogP contribution is -2.52. The van der Waals surface area contributed by atoms with Gasteiger partial charge in [0.15, 0.2) is 0 Å². The molecular weight excluding hydrogens is 302 g/mol. The van der Waals surface area contributed by atoms with Gasteiger partial charge in [-0.15, -0.1) is 0 Å². The molecule has 7 heteroatoms. The van der Waals surface area contributed by atoms with Gasteiger partial charge in [0.25, 0.3) is 0 Å². The van der Waals surface area contributed by atoms with E-state index in [1.807, 2.05) is 13.8 Å². The molecule has 0 aromatic carbocycles. The maximum absolute atomic E-state index is 12.3. The summed E-state index contributed by atoms with van der Waals surface area (Å²) in [6.45, 7) is 10.5. The Morgan fingerprint density at radius 3 is 2.13 bits per heavy atom. The number of nitrogens with zero attached hydrogens (tertiary/aromatic N) is 1. The van der Waals surface area contributed by atoms with E-state index in [0.717, 1.165) is 11.3 Å². The maximum Gasteiger partial charge on any atom is 0.411 e. The second kappa shape index (κ2) is 9.37. The Kier molecular flexibility index (Phi) is 8.64. The molecule has 0 aromatic heterocycles. The normalized spacial score (nSPS) is 13.8. The zero-order valence-electron chi connectivity index (χ0n) is 14.9. The minimum absolute atomic E-state index is 0.109. The van der Waals surface area contributed by atoms with Crippen molar-refractivity contribution in [2.75, 3.05) is 6.54 Å². The summed E-state index contributed by atoms with van der Waals surface area (Å²) in [6, 6.07) is -1.70. The van der Waals surface area contributed by atoms with Crippen LogP contribution in [0.25, 0.3) is 0 Å². The molecule has 0 fully saturated rings. The number of hydrogen-bond acceptors (Lipinski definition) is 5. The van der Waals surface area contributed by atoms with Gasteiger partial charge in [-0.1, -0.05) is 20.3 Å². The van der Waals surface area contributed by atoms with E-state index in [1.54, 1.807) is 27.7 Å². The van der Waals surface area contributed by atoms with Gasteiger partial charge in [-0.2, -0.15) is 0 Å². The quantitative estimate of drug-likeness (QED) is 0.543. The van der Waals surface area contributed by atoms with Gasteiger partial charge in [-0.3, -0.25) is 4.90 Å². The summed E-state index contributed by atoms with van der Waals surface area (Å²) in [7, 11) is 0. The van der Waals surface area contributed by atoms with Crippen LogP contribution >= 0.6 is 0 Å². The van der Waals surface area contributed by atoms with Crippen LogP contribution in [0.15, 0.2) is 0 Å². The minimum atomic E-state index is -1.70. The molecule has 2 unspecified atom stereocenters. The van der Waals surface area contributed by atoms with Crippen molar-refractivity contribution in [2.24, 2.45) is 0 Å². The zero-order valence-corrected chi connectivity index (χ0v) is 14.9. The number of carbonyl (C=O) groups is 3. The lowest BCUT2D eigenvalue weighted by molar-refractivity contribution is -0.163. The molecule has 0 heterocycles. The fraction of sp³-hybridized carbons (Fsp3) is 0.812. The molecule has 0 saturated heterocycles. The van der Waals surface area contributed by atoms with Crippen LogP contribution in [0.1, 0.15) is 60.8 Å². The van der Waals surface area contributed by atoms with Crippen molar-refractivity contribution in [3.63, 3.8) is 0 Å². The van der Waals surface area contributed by atoms with E-state index in [-0.39, 0.29) is 6.54 Å². The van der Waals surface area contributed by atoms with Crippen molar-refractivity contribution >= 4 is 18.0 Å². The molecule has 7 nitrogen and oxygen atoms in total. The minimum Gasteiger partial charge on any atom is -0.479 e. The van der Waals surface area contributed by atoms with Crippen LogP contribution in [0.4, 0.5) is 4.79 Å². The Morgan fingerprint density at radius 2 is 1.74 bits per heavy atom. The molecule has 1 amide bonds. The molecular formula is C16H29NO6. The van der Waals surface area contributed by atoms with Crippen LogP contribution in [0, 0.1) is 0 Å². The highest BCUT2D eigenvalue weighted by Crippen LogP contribution is 2.15. The number of esters is 1. The molecule has 0 aliphatic heterocycles. The van der Waals surface area contributed by atoms with Crippen molar-refractivity contribution in [2.45, 2.75) is 78.6 Å². The molecule has 0 spiro atoms. The van der Waals surface area contributed by atoms with Crippen molar-refractivity contribution in [3.8, 4) is 0 Å². The van der Waals surface area contributed by atoms with Crippen LogP contribution < -0.4 is 0 Å². The summed E-state index contributed by atoms with van der Waals surface area (Å²) in [5, 5.41) is 9.40. The number of rotatable bonds is 8. The van der Waals surface area contributed by atoms with Gasteiger partial charge in [0.2, 0.25) is 6.04 Å². The first kappa shape index (κ1) is 21.2. The fourth-order valence-electron chi connectivity index (χ4n) is 1.68. The first-order valence-corrected chi connectivity index (χ1v) is 7.96. The predicted octanol–water partition coefficient (Wildman–Crippen LogP) is 2.82. The van der Waals surface area contributed by atoms with Gasteiger partial charge >= 0.3 is 18.0 Å². The third-order valence-electron chi connectivity index (χ3n) is 3.04. The molecule has 0 aliphatic rings. The summed E-state index contributed by atoms with van der Waals surface area (Å²) < 4.78 is 10.3. The number of carboxylic acids is 1. The number of carboxylic acid groups (broad SMARTS) is 1. The number of hydrogen-bond donors (Lipinski definition) is 1. The number of amides is 1. The summed E-state index contributed by atoms with van der Waals surface area (Å²) in [6.07, 6.45) is 0.598. The van der Waals surface area contributed by atoms with E-state index in [1.165, 1.54) is 0 Å². The number of ether oxygens (including phenoxy) is 2. The highest BCUT2D eigenvalue weighted by Gasteiger charge is 2.39. The van der Waals surface area contributed by atoms with Crippen molar-refractivity contribution in [1.82, 2.24) is 4.90 Å². The standard InChI is InChI=1S/C16H29NO6/c1-7-9-10-17(15(21)23-16(4,5)6)12(13(18)19)14(20)22-11(3)8-2/h11-12H,7-10H2,1-6H3,(H,18,19). The van der Waals surface area contributed by atoms with Crippen molar-refractivity contribution in [3.05, 3.63) is 0 Å². The highest BCUT2D eigenvalue weighted by atomic mass is 16.6. The van der Waals surface area contributed by atoms with Gasteiger partial charge in [-0.25, -0.2) is 14.4 Å². The Morgan fingerprint density at radius 1 is 1.17 bits per heavy atom. The van der Waals surface area contributed by atoms with Gasteiger partial charge in [0, 0.05) is 6.54 Å². The van der Waals surface area contributed by atoms with Crippen molar-refractivity contribution in [1.29, 1.82) is 0 Å². The number of carbonyl (C=O) groups excluding carboxylic acids is 2. The lowest BCUT2D eigenvalue weighted by atomic mass is 10.2. The second-order valence-electron chi connectivity index (χ2n) is 6.42. The average molecular weight is 331 g/mol. The Labute approximate surface area is 137 Å². The van der Waals surface area contributed by atoms with Crippen LogP contribution in [0.5, 0.6) is 0 Å². The summed E-state index contributed by atoms with van der Waals surface area (Å²) in [4.78, 5) is 36.9. The molecule has 0 saturated carbocycles. The van der Waals surface area contributed by atoms with E-state index >= 15 is 0 Å². The molecule has 0 aromatic rings. The van der Waals surface area contributed by atoms with Gasteiger partial charge < -0.3 is 14.6 Å². The summed E-state index contributed by atoms with van der Waals surface area (Å²) in [5.74, 6) is -2.38. The molecule has 1 N–H and O–H groups in total. The zero-order chi connectivity index (χ0) is 18.2. The predicted molar refractivity (Wildman–Crippen MR) is 85.1 cm³/mol. The molecule has 0 aliphatic carbocycles. The lowest BCUT2D eigenvalue weighted by Gasteiger charge is -2.30. The van der Waals surface area contributed by atoms with Crippen LogP contribution in [0.3, 0.4) is 0 Å². The van der Waals surface area contributed by atoms with E-state index in [4.69, 9.17) is 9.47 Å². The fourth-order valence-corrected chi connectivity index (χ4v) is 1.68. The highest BCUT2D eigenvalue weighted by molar-refractivity contribution is 6.00. The first-order valence-electron chi connectivity index (χ1n) is 7.96. The maximum atomic E-state index is 12.3. The molecule has 2 atom stereocenters. The molecule has 0 rings (SSSR count). The van der Waals surface area contributed by atoms with Gasteiger partial charge in [0.05, 0.1) is 6.10 Å². The number of unbranched alkanes of at least 4 members (excludes halogenated alkanes) is 1. The SMILES string of the molecule is CCCCN(C(=O)OC(C)(C)C)C(C(=O)O)C(=O)OC(C)CC. The van der Waals surface area contributed by atoms with E-state index < -0.39 is 35.8 Å². The van der Waals surface area contributed by atoms with E-state index in [2.05, 4.69) is 0 Å². The molecule has 0 radical (unpaired) electrons. The Bertz CT molecular complexity index is 415. The third-order valence-corrected chi connectivity index (χ3v) is 3.04.